The third-order valence-electron chi connectivity index (χ3n) is 4.01. The van der Waals surface area contributed by atoms with E-state index in [1.807, 2.05) is 18.7 Å². The number of ether oxygens (including phenoxy) is 1. The average molecular weight is 254 g/mol. The summed E-state index contributed by atoms with van der Waals surface area (Å²) in [7, 11) is 1.31. The van der Waals surface area contributed by atoms with E-state index >= 15 is 0 Å². The zero-order valence-corrected chi connectivity index (χ0v) is 11.5. The third kappa shape index (κ3) is 2.31. The summed E-state index contributed by atoms with van der Waals surface area (Å²) < 4.78 is 4.59. The summed E-state index contributed by atoms with van der Waals surface area (Å²) in [5, 5.41) is 2.65. The highest BCUT2D eigenvalue weighted by Gasteiger charge is 2.53. The Kier molecular flexibility index (Phi) is 3.50. The largest absolute Gasteiger partial charge is 0.453 e. The summed E-state index contributed by atoms with van der Waals surface area (Å²) in [6.07, 6.45) is 1.68. The van der Waals surface area contributed by atoms with E-state index in [1.165, 1.54) is 7.11 Å². The molecule has 0 aromatic carbocycles. The highest BCUT2D eigenvalue weighted by Crippen LogP contribution is 2.47. The Morgan fingerprint density at radius 3 is 2.44 bits per heavy atom. The van der Waals surface area contributed by atoms with Crippen molar-refractivity contribution in [2.24, 2.45) is 11.8 Å². The molecule has 4 atom stereocenters. The molecule has 5 heteroatoms. The van der Waals surface area contributed by atoms with Crippen LogP contribution in [-0.4, -0.2) is 42.1 Å². The maximum atomic E-state index is 12.5. The Labute approximate surface area is 108 Å². The van der Waals surface area contributed by atoms with Gasteiger partial charge in [0.25, 0.3) is 0 Å². The second-order valence-electron chi connectivity index (χ2n) is 5.75. The van der Waals surface area contributed by atoms with Gasteiger partial charge in [0.15, 0.2) is 0 Å². The fraction of sp³-hybridized carbons (Fsp3) is 0.846. The molecule has 1 unspecified atom stereocenters. The van der Waals surface area contributed by atoms with Gasteiger partial charge in [0.1, 0.15) is 6.04 Å². The number of methoxy groups -OCH3 is 1. The molecule has 1 saturated heterocycles. The Hall–Kier alpha value is -1.26. The Balaban J connectivity index is 2.06. The molecule has 5 nitrogen and oxygen atoms in total. The van der Waals surface area contributed by atoms with Crippen LogP contribution in [0.3, 0.4) is 0 Å². The standard InChI is InChI=1S/C13H22N2O3/c1-7(2)11(14-13(17)18-4)12(16)15-8(3)5-9-6-10(9)15/h7-11H,5-6H2,1-4H3,(H,14,17)/t8-,9?,10-,11+/m1/s1. The molecule has 18 heavy (non-hydrogen) atoms. The van der Waals surface area contributed by atoms with Crippen LogP contribution >= 0.6 is 0 Å². The summed E-state index contributed by atoms with van der Waals surface area (Å²) in [5.74, 6) is 0.782. The van der Waals surface area contributed by atoms with Gasteiger partial charge in [-0.05, 0) is 31.6 Å². The molecule has 2 fully saturated rings. The van der Waals surface area contributed by atoms with E-state index in [0.717, 1.165) is 12.8 Å². The number of rotatable bonds is 3. The molecule has 0 radical (unpaired) electrons. The van der Waals surface area contributed by atoms with E-state index in [2.05, 4.69) is 17.0 Å². The maximum absolute atomic E-state index is 12.5. The number of amides is 2. The van der Waals surface area contributed by atoms with Crippen LogP contribution in [0.15, 0.2) is 0 Å². The summed E-state index contributed by atoms with van der Waals surface area (Å²) in [5.41, 5.74) is 0. The van der Waals surface area contributed by atoms with Crippen molar-refractivity contribution in [3.8, 4) is 0 Å². The van der Waals surface area contributed by atoms with E-state index in [9.17, 15) is 9.59 Å². The summed E-state index contributed by atoms with van der Waals surface area (Å²) in [6.45, 7) is 5.95. The van der Waals surface area contributed by atoms with Crippen LogP contribution in [-0.2, 0) is 9.53 Å². The van der Waals surface area contributed by atoms with Gasteiger partial charge < -0.3 is 15.0 Å². The number of nitrogens with zero attached hydrogens (tertiary/aromatic N) is 1. The Morgan fingerprint density at radius 1 is 1.33 bits per heavy atom. The van der Waals surface area contributed by atoms with Gasteiger partial charge in [-0.1, -0.05) is 13.8 Å². The number of nitrogens with one attached hydrogen (secondary N) is 1. The van der Waals surface area contributed by atoms with E-state index in [-0.39, 0.29) is 11.8 Å². The summed E-state index contributed by atoms with van der Waals surface area (Å²) in [4.78, 5) is 25.8. The van der Waals surface area contributed by atoms with Crippen LogP contribution in [0.2, 0.25) is 0 Å². The maximum Gasteiger partial charge on any atom is 0.407 e. The minimum Gasteiger partial charge on any atom is -0.453 e. The lowest BCUT2D eigenvalue weighted by molar-refractivity contribution is -0.136. The van der Waals surface area contributed by atoms with Gasteiger partial charge in [0.2, 0.25) is 5.91 Å². The number of hydrogen-bond acceptors (Lipinski definition) is 3. The van der Waals surface area contributed by atoms with Crippen molar-refractivity contribution in [2.75, 3.05) is 7.11 Å². The lowest BCUT2D eigenvalue weighted by atomic mass is 10.0. The number of alkyl carbamates (subject to hydrolysis) is 1. The summed E-state index contributed by atoms with van der Waals surface area (Å²) in [6, 6.07) is 0.217. The Bertz CT molecular complexity index is 354. The van der Waals surface area contributed by atoms with Crippen LogP contribution in [0.4, 0.5) is 4.79 Å². The molecule has 2 rings (SSSR count). The SMILES string of the molecule is COC(=O)N[C@H](C(=O)N1[C@H](C)CC2C[C@H]21)C(C)C. The number of likely N-dealkylation sites (tertiary alicyclic amines) is 1. The highest BCUT2D eigenvalue weighted by molar-refractivity contribution is 5.87. The van der Waals surface area contributed by atoms with Crippen molar-refractivity contribution in [1.29, 1.82) is 0 Å². The second kappa shape index (κ2) is 4.78. The molecular weight excluding hydrogens is 232 g/mol. The third-order valence-corrected chi connectivity index (χ3v) is 4.01. The van der Waals surface area contributed by atoms with Crippen LogP contribution in [0.1, 0.15) is 33.6 Å². The van der Waals surface area contributed by atoms with Crippen LogP contribution in [0.5, 0.6) is 0 Å². The predicted octanol–water partition coefficient (Wildman–Crippen LogP) is 1.38. The van der Waals surface area contributed by atoms with E-state index < -0.39 is 12.1 Å². The van der Waals surface area contributed by atoms with Crippen LogP contribution < -0.4 is 5.32 Å². The normalized spacial score (nSPS) is 30.9. The number of piperidine rings is 1. The summed E-state index contributed by atoms with van der Waals surface area (Å²) >= 11 is 0. The zero-order chi connectivity index (χ0) is 13.4. The zero-order valence-electron chi connectivity index (χ0n) is 11.5. The highest BCUT2D eigenvalue weighted by atomic mass is 16.5. The fourth-order valence-corrected chi connectivity index (χ4v) is 2.94. The number of carbonyl (C=O) groups is 2. The number of hydrogen-bond donors (Lipinski definition) is 1. The molecule has 1 aliphatic heterocycles. The van der Waals surface area contributed by atoms with Crippen molar-refractivity contribution in [2.45, 2.75) is 51.7 Å². The molecule has 2 amide bonds. The van der Waals surface area contributed by atoms with Crippen molar-refractivity contribution >= 4 is 12.0 Å². The van der Waals surface area contributed by atoms with Gasteiger partial charge in [-0.15, -0.1) is 0 Å². The van der Waals surface area contributed by atoms with Crippen molar-refractivity contribution in [3.05, 3.63) is 0 Å². The molecular formula is C13H22N2O3. The van der Waals surface area contributed by atoms with Crippen molar-refractivity contribution < 1.29 is 14.3 Å². The number of fused-ring (bicyclic) bond motifs is 1. The molecule has 0 aromatic heterocycles. The molecule has 0 bridgehead atoms. The molecule has 1 N–H and O–H groups in total. The second-order valence-corrected chi connectivity index (χ2v) is 5.75. The van der Waals surface area contributed by atoms with Gasteiger partial charge in [-0.3, -0.25) is 4.79 Å². The molecule has 0 aromatic rings. The lowest BCUT2D eigenvalue weighted by Gasteiger charge is -2.31. The van der Waals surface area contributed by atoms with Crippen molar-refractivity contribution in [3.63, 3.8) is 0 Å². The first kappa shape index (κ1) is 13.2. The lowest BCUT2D eigenvalue weighted by Crippen LogP contribution is -2.53. The molecule has 1 heterocycles. The molecule has 2 aliphatic rings. The minimum atomic E-state index is -0.541. The van der Waals surface area contributed by atoms with E-state index in [4.69, 9.17) is 0 Å². The predicted molar refractivity (Wildman–Crippen MR) is 67.0 cm³/mol. The van der Waals surface area contributed by atoms with Crippen LogP contribution in [0, 0.1) is 11.8 Å². The quantitative estimate of drug-likeness (QED) is 0.827. The monoisotopic (exact) mass is 254 g/mol. The van der Waals surface area contributed by atoms with Crippen LogP contribution in [0.25, 0.3) is 0 Å². The van der Waals surface area contributed by atoms with Crippen molar-refractivity contribution in [1.82, 2.24) is 10.2 Å². The van der Waals surface area contributed by atoms with Gasteiger partial charge >= 0.3 is 6.09 Å². The Morgan fingerprint density at radius 2 is 2.00 bits per heavy atom. The molecule has 0 spiro atoms. The van der Waals surface area contributed by atoms with E-state index in [0.29, 0.717) is 18.0 Å². The molecule has 1 saturated carbocycles. The van der Waals surface area contributed by atoms with Gasteiger partial charge in [0.05, 0.1) is 7.11 Å². The minimum absolute atomic E-state index is 0.0351. The number of carbonyl (C=O) groups excluding carboxylic acids is 2. The first-order valence-corrected chi connectivity index (χ1v) is 6.62. The molecule has 102 valence electrons. The first-order valence-electron chi connectivity index (χ1n) is 6.62. The topological polar surface area (TPSA) is 58.6 Å². The smallest absolute Gasteiger partial charge is 0.407 e. The van der Waals surface area contributed by atoms with Gasteiger partial charge in [-0.2, -0.15) is 0 Å². The average Bonchev–Trinajstić information content (AvgIpc) is 2.97. The molecule has 1 aliphatic carbocycles. The fourth-order valence-electron chi connectivity index (χ4n) is 2.94. The van der Waals surface area contributed by atoms with E-state index in [1.54, 1.807) is 0 Å². The van der Waals surface area contributed by atoms with Gasteiger partial charge in [0, 0.05) is 12.1 Å². The first-order chi connectivity index (χ1) is 8.45. The van der Waals surface area contributed by atoms with Gasteiger partial charge in [-0.25, -0.2) is 4.79 Å².